The fourth-order valence-electron chi connectivity index (χ4n) is 0.481. The summed E-state index contributed by atoms with van der Waals surface area (Å²) >= 11 is 0. The first kappa shape index (κ1) is 13.0. The van der Waals surface area contributed by atoms with E-state index in [0.29, 0.717) is 13.1 Å². The molecule has 0 aliphatic rings. The van der Waals surface area contributed by atoms with E-state index in [1.807, 2.05) is 0 Å². The Labute approximate surface area is 65.8 Å². The molecule has 0 amide bonds. The van der Waals surface area contributed by atoms with Crippen LogP contribution in [-0.2, 0) is 9.68 Å². The molecule has 0 unspecified atom stereocenters. The minimum atomic E-state index is -0.688. The third kappa shape index (κ3) is 5.78. The van der Waals surface area contributed by atoms with E-state index in [4.69, 9.17) is 5.26 Å². The Balaban J connectivity index is 0. The average molecular weight is 162 g/mol. The van der Waals surface area contributed by atoms with Crippen molar-refractivity contribution in [2.75, 3.05) is 19.6 Å². The van der Waals surface area contributed by atoms with Gasteiger partial charge in [-0.1, -0.05) is 0 Å². The molecule has 3 radical (unpaired) electrons. The van der Waals surface area contributed by atoms with Crippen LogP contribution in [0.4, 0.5) is 0 Å². The summed E-state index contributed by atoms with van der Waals surface area (Å²) in [6.45, 7) is 8.05. The summed E-state index contributed by atoms with van der Waals surface area (Å²) in [5.74, 6) is -0.688. The highest BCUT2D eigenvalue weighted by atomic mass is 17.1. The zero-order valence-corrected chi connectivity index (χ0v) is 6.19. The standard InChI is InChI=1S/C6H11NO3.HO/c1-3-7(4-2)5-6(8)10-9;/h9H,1-5H2;1H. The minimum Gasteiger partial charge on any atom is -0.300 e. The lowest BCUT2D eigenvalue weighted by Crippen LogP contribution is -2.30. The molecule has 0 saturated heterocycles. The lowest BCUT2D eigenvalue weighted by atomic mass is 10.5. The third-order valence-electron chi connectivity index (χ3n) is 1.09. The summed E-state index contributed by atoms with van der Waals surface area (Å²) in [4.78, 5) is 15.4. The molecule has 0 aromatic rings. The normalized spacial score (nSPS) is 9.09. The van der Waals surface area contributed by atoms with Crippen molar-refractivity contribution < 1.29 is 20.4 Å². The largest absolute Gasteiger partial charge is 0.355 e. The highest BCUT2D eigenvalue weighted by molar-refractivity contribution is 5.70. The molecule has 0 atom stereocenters. The summed E-state index contributed by atoms with van der Waals surface area (Å²) in [5, 5.41) is 7.86. The lowest BCUT2D eigenvalue weighted by molar-refractivity contribution is -0.234. The van der Waals surface area contributed by atoms with Gasteiger partial charge in [-0.3, -0.25) is 15.3 Å². The molecule has 0 rings (SSSR count). The number of rotatable bonds is 4. The van der Waals surface area contributed by atoms with Crippen molar-refractivity contribution >= 4 is 5.97 Å². The van der Waals surface area contributed by atoms with Crippen LogP contribution in [0.25, 0.3) is 0 Å². The second-order valence-electron chi connectivity index (χ2n) is 1.74. The highest BCUT2D eigenvalue weighted by Crippen LogP contribution is 1.86. The van der Waals surface area contributed by atoms with Crippen molar-refractivity contribution in [2.24, 2.45) is 0 Å². The maximum Gasteiger partial charge on any atom is 0.355 e. The van der Waals surface area contributed by atoms with E-state index in [1.54, 1.807) is 4.90 Å². The average Bonchev–Trinajstić information content (AvgIpc) is 1.99. The van der Waals surface area contributed by atoms with Crippen molar-refractivity contribution in [3.63, 3.8) is 0 Å². The molecule has 0 bridgehead atoms. The Hall–Kier alpha value is -0.650. The summed E-state index contributed by atoms with van der Waals surface area (Å²) in [6.07, 6.45) is 0. The lowest BCUT2D eigenvalue weighted by Gasteiger charge is -2.14. The molecule has 0 heterocycles. The van der Waals surface area contributed by atoms with Crippen LogP contribution in [0.2, 0.25) is 0 Å². The molecule has 0 aromatic carbocycles. The Morgan fingerprint density at radius 3 is 2.18 bits per heavy atom. The molecule has 0 fully saturated rings. The number of nitrogens with zero attached hydrogens (tertiary/aromatic N) is 1. The van der Waals surface area contributed by atoms with Gasteiger partial charge in [-0.2, -0.15) is 5.26 Å². The first-order valence-electron chi connectivity index (χ1n) is 2.89. The van der Waals surface area contributed by atoms with Gasteiger partial charge in [0.05, 0.1) is 0 Å². The van der Waals surface area contributed by atoms with Gasteiger partial charge in [-0.15, -0.1) is 0 Å². The summed E-state index contributed by atoms with van der Waals surface area (Å²) in [7, 11) is 0. The molecule has 5 heteroatoms. The van der Waals surface area contributed by atoms with Crippen LogP contribution in [0.15, 0.2) is 0 Å². The van der Waals surface area contributed by atoms with Crippen LogP contribution in [0.3, 0.4) is 0 Å². The SMILES string of the molecule is [CH2]CN(C[CH2])CC(=O)OO.[OH]. The van der Waals surface area contributed by atoms with Crippen LogP contribution in [0.5, 0.6) is 0 Å². The van der Waals surface area contributed by atoms with Crippen molar-refractivity contribution in [3.8, 4) is 0 Å². The first-order chi connectivity index (χ1) is 4.74. The Morgan fingerprint density at radius 2 is 1.91 bits per heavy atom. The van der Waals surface area contributed by atoms with Gasteiger partial charge in [0.25, 0.3) is 0 Å². The predicted molar refractivity (Wildman–Crippen MR) is 37.8 cm³/mol. The second-order valence-corrected chi connectivity index (χ2v) is 1.74. The number of carbonyl (C=O) groups excluding carboxylic acids is 1. The van der Waals surface area contributed by atoms with E-state index < -0.39 is 5.97 Å². The maximum atomic E-state index is 10.4. The first-order valence-corrected chi connectivity index (χ1v) is 2.89. The molecule has 11 heavy (non-hydrogen) atoms. The van der Waals surface area contributed by atoms with Crippen LogP contribution in [0.1, 0.15) is 0 Å². The van der Waals surface area contributed by atoms with Gasteiger partial charge in [0.1, 0.15) is 6.54 Å². The molecule has 65 valence electrons. The van der Waals surface area contributed by atoms with Crippen molar-refractivity contribution in [1.29, 1.82) is 0 Å². The molecular weight excluding hydrogens is 150 g/mol. The fourth-order valence-corrected chi connectivity index (χ4v) is 0.481. The number of hydrogen-bond acceptors (Lipinski definition) is 4. The topological polar surface area (TPSA) is 79.8 Å². The second kappa shape index (κ2) is 7.46. The molecule has 0 spiro atoms. The van der Waals surface area contributed by atoms with Crippen LogP contribution < -0.4 is 0 Å². The van der Waals surface area contributed by atoms with Crippen molar-refractivity contribution in [1.82, 2.24) is 4.90 Å². The Bertz CT molecular complexity index is 103. The van der Waals surface area contributed by atoms with Gasteiger partial charge in [0.2, 0.25) is 0 Å². The van der Waals surface area contributed by atoms with Gasteiger partial charge < -0.3 is 0 Å². The van der Waals surface area contributed by atoms with E-state index in [2.05, 4.69) is 18.7 Å². The van der Waals surface area contributed by atoms with Gasteiger partial charge in [-0.05, 0) is 26.9 Å². The maximum absolute atomic E-state index is 10.4. The van der Waals surface area contributed by atoms with Crippen LogP contribution in [-0.4, -0.2) is 41.2 Å². The van der Waals surface area contributed by atoms with Gasteiger partial charge in [0, 0.05) is 0 Å². The van der Waals surface area contributed by atoms with E-state index in [0.717, 1.165) is 0 Å². The zero-order chi connectivity index (χ0) is 7.98. The number of hydrogen-bond donors (Lipinski definition) is 2. The summed E-state index contributed by atoms with van der Waals surface area (Å²) in [6, 6.07) is 0. The van der Waals surface area contributed by atoms with Gasteiger partial charge >= 0.3 is 5.97 Å². The van der Waals surface area contributed by atoms with Crippen LogP contribution in [0, 0.1) is 13.8 Å². The minimum absolute atomic E-state index is 0. The van der Waals surface area contributed by atoms with Crippen LogP contribution >= 0.6 is 0 Å². The highest BCUT2D eigenvalue weighted by Gasteiger charge is 2.06. The zero-order valence-electron chi connectivity index (χ0n) is 6.19. The quantitative estimate of drug-likeness (QED) is 0.443. The Morgan fingerprint density at radius 1 is 1.45 bits per heavy atom. The molecular formula is C6H12NO4. The van der Waals surface area contributed by atoms with Gasteiger partial charge in [0.15, 0.2) is 0 Å². The van der Waals surface area contributed by atoms with Crippen molar-refractivity contribution in [3.05, 3.63) is 13.8 Å². The van der Waals surface area contributed by atoms with Crippen molar-refractivity contribution in [2.45, 2.75) is 0 Å². The van der Waals surface area contributed by atoms with E-state index in [-0.39, 0.29) is 12.0 Å². The predicted octanol–water partition coefficient (Wildman–Crippen LogP) is -0.204. The van der Waals surface area contributed by atoms with Gasteiger partial charge in [-0.25, -0.2) is 4.79 Å². The van der Waals surface area contributed by atoms with E-state index >= 15 is 0 Å². The fraction of sp³-hybridized carbons (Fsp3) is 0.500. The third-order valence-corrected chi connectivity index (χ3v) is 1.09. The summed E-state index contributed by atoms with van der Waals surface area (Å²) in [5.41, 5.74) is 0. The monoisotopic (exact) mass is 162 g/mol. The summed E-state index contributed by atoms with van der Waals surface area (Å²) < 4.78 is 0. The van der Waals surface area contributed by atoms with E-state index in [1.165, 1.54) is 0 Å². The number of carbonyl (C=O) groups is 1. The molecule has 2 N–H and O–H groups in total. The Kier molecular flexibility index (Phi) is 8.80. The molecule has 0 aliphatic carbocycles. The molecule has 5 nitrogen and oxygen atoms in total. The molecule has 0 aromatic heterocycles. The van der Waals surface area contributed by atoms with E-state index in [9.17, 15) is 4.79 Å². The smallest absolute Gasteiger partial charge is 0.300 e. The molecule has 0 saturated carbocycles. The molecule has 0 aliphatic heterocycles.